The quantitative estimate of drug-likeness (QED) is 0.794. The minimum absolute atomic E-state index is 0. The standard InChI is InChI=1S/2C6H5NO2.Na/c2*8-6(9)5-3-1-2-4-7-5;/h2*1-4H,(H,8,9);. The molecule has 0 amide bonds. The summed E-state index contributed by atoms with van der Waals surface area (Å²) in [5.41, 5.74) is 0.162. The second-order valence-electron chi connectivity index (χ2n) is 3.04. The van der Waals surface area contributed by atoms with E-state index in [9.17, 15) is 9.59 Å². The monoisotopic (exact) mass is 269 g/mol. The van der Waals surface area contributed by atoms with E-state index >= 15 is 0 Å². The van der Waals surface area contributed by atoms with Crippen LogP contribution in [0, 0.1) is 0 Å². The second kappa shape index (κ2) is 9.21. The third-order valence-electron chi connectivity index (χ3n) is 1.77. The van der Waals surface area contributed by atoms with Crippen molar-refractivity contribution in [1.29, 1.82) is 0 Å². The number of aromatic nitrogens is 2. The Kier molecular flexibility index (Phi) is 8.35. The molecule has 0 atom stereocenters. The van der Waals surface area contributed by atoms with Gasteiger partial charge in [0.25, 0.3) is 0 Å². The van der Waals surface area contributed by atoms with Crippen LogP contribution in [0.15, 0.2) is 48.8 Å². The summed E-state index contributed by atoms with van der Waals surface area (Å²) >= 11 is 0. The Morgan fingerprint density at radius 2 is 1.16 bits per heavy atom. The van der Waals surface area contributed by atoms with Crippen molar-refractivity contribution in [3.63, 3.8) is 0 Å². The van der Waals surface area contributed by atoms with Gasteiger partial charge < -0.3 is 10.2 Å². The summed E-state index contributed by atoms with van der Waals surface area (Å²) < 4.78 is 0. The van der Waals surface area contributed by atoms with Crippen molar-refractivity contribution in [1.82, 2.24) is 9.97 Å². The zero-order valence-electron chi connectivity index (χ0n) is 10.2. The largest absolute Gasteiger partial charge is 0.477 e. The molecule has 7 heteroatoms. The summed E-state index contributed by atoms with van der Waals surface area (Å²) in [7, 11) is 0. The van der Waals surface area contributed by atoms with Crippen LogP contribution in [0.4, 0.5) is 0 Å². The van der Waals surface area contributed by atoms with Gasteiger partial charge in [0, 0.05) is 42.0 Å². The number of rotatable bonds is 2. The van der Waals surface area contributed by atoms with Gasteiger partial charge in [-0.15, -0.1) is 0 Å². The van der Waals surface area contributed by atoms with Crippen LogP contribution in [0.25, 0.3) is 0 Å². The summed E-state index contributed by atoms with van der Waals surface area (Å²) in [6.07, 6.45) is 2.90. The smallest absolute Gasteiger partial charge is 0.354 e. The van der Waals surface area contributed by atoms with Gasteiger partial charge in [-0.1, -0.05) is 12.1 Å². The predicted octanol–water partition coefficient (Wildman–Crippen LogP) is 1.18. The van der Waals surface area contributed by atoms with Gasteiger partial charge in [0.2, 0.25) is 0 Å². The van der Waals surface area contributed by atoms with Gasteiger partial charge in [0.15, 0.2) is 0 Å². The van der Waals surface area contributed by atoms with Crippen LogP contribution >= 0.6 is 0 Å². The zero-order chi connectivity index (χ0) is 13.4. The van der Waals surface area contributed by atoms with Gasteiger partial charge in [-0.3, -0.25) is 0 Å². The molecule has 0 aliphatic heterocycles. The molecule has 0 bridgehead atoms. The van der Waals surface area contributed by atoms with Gasteiger partial charge in [-0.25, -0.2) is 19.6 Å². The van der Waals surface area contributed by atoms with Gasteiger partial charge in [-0.05, 0) is 24.3 Å². The van der Waals surface area contributed by atoms with Crippen molar-refractivity contribution in [3.8, 4) is 0 Å². The molecule has 0 saturated carbocycles. The van der Waals surface area contributed by atoms with Crippen molar-refractivity contribution in [3.05, 3.63) is 60.2 Å². The molecule has 0 saturated heterocycles. The molecular formula is C12H10N2NaO4. The van der Waals surface area contributed by atoms with Crippen molar-refractivity contribution in [2.24, 2.45) is 0 Å². The van der Waals surface area contributed by atoms with Crippen LogP contribution in [0.3, 0.4) is 0 Å². The summed E-state index contributed by atoms with van der Waals surface area (Å²) in [5.74, 6) is -1.98. The topological polar surface area (TPSA) is 100 Å². The molecule has 6 nitrogen and oxygen atoms in total. The molecule has 2 aromatic rings. The van der Waals surface area contributed by atoms with Crippen LogP contribution in [-0.4, -0.2) is 61.7 Å². The fourth-order valence-electron chi connectivity index (χ4n) is 0.979. The Morgan fingerprint density at radius 3 is 1.32 bits per heavy atom. The first-order valence-corrected chi connectivity index (χ1v) is 4.90. The molecule has 0 aliphatic carbocycles. The van der Waals surface area contributed by atoms with Crippen LogP contribution in [-0.2, 0) is 0 Å². The molecule has 1 radical (unpaired) electrons. The van der Waals surface area contributed by atoms with E-state index in [0.29, 0.717) is 0 Å². The maximum atomic E-state index is 10.1. The Labute approximate surface area is 131 Å². The maximum Gasteiger partial charge on any atom is 0.354 e. The summed E-state index contributed by atoms with van der Waals surface area (Å²) in [4.78, 5) is 27.4. The minimum atomic E-state index is -0.990. The van der Waals surface area contributed by atoms with E-state index < -0.39 is 11.9 Å². The molecule has 2 rings (SSSR count). The first-order valence-electron chi connectivity index (χ1n) is 4.90. The molecule has 93 valence electrons. The van der Waals surface area contributed by atoms with E-state index in [1.807, 2.05) is 0 Å². The number of carboxylic acids is 2. The zero-order valence-corrected chi connectivity index (χ0v) is 12.2. The molecule has 0 spiro atoms. The first kappa shape index (κ1) is 17.2. The van der Waals surface area contributed by atoms with Gasteiger partial charge in [-0.2, -0.15) is 0 Å². The van der Waals surface area contributed by atoms with Crippen LogP contribution in [0.1, 0.15) is 21.0 Å². The first-order chi connectivity index (χ1) is 8.61. The van der Waals surface area contributed by atoms with Crippen molar-refractivity contribution in [2.45, 2.75) is 0 Å². The Hall–Kier alpha value is -1.76. The summed E-state index contributed by atoms with van der Waals surface area (Å²) in [5, 5.41) is 16.6. The fourth-order valence-corrected chi connectivity index (χ4v) is 0.979. The number of hydrogen-bond acceptors (Lipinski definition) is 4. The number of aromatic carboxylic acids is 2. The molecule has 0 unspecified atom stereocenters. The Morgan fingerprint density at radius 1 is 0.789 bits per heavy atom. The average molecular weight is 269 g/mol. The molecule has 2 aromatic heterocycles. The molecule has 2 heterocycles. The molecule has 2 N–H and O–H groups in total. The molecule has 19 heavy (non-hydrogen) atoms. The van der Waals surface area contributed by atoms with Crippen molar-refractivity contribution >= 4 is 41.5 Å². The normalized spacial score (nSPS) is 8.42. The number of carbonyl (C=O) groups is 2. The predicted molar refractivity (Wildman–Crippen MR) is 68.1 cm³/mol. The molecule has 0 aromatic carbocycles. The number of hydrogen-bond donors (Lipinski definition) is 2. The summed E-state index contributed by atoms with van der Waals surface area (Å²) in [6, 6.07) is 9.51. The third kappa shape index (κ3) is 6.66. The van der Waals surface area contributed by atoms with E-state index in [-0.39, 0.29) is 40.9 Å². The number of pyridine rings is 2. The second-order valence-corrected chi connectivity index (χ2v) is 3.04. The maximum absolute atomic E-state index is 10.1. The average Bonchev–Trinajstić information content (AvgIpc) is 2.41. The van der Waals surface area contributed by atoms with Gasteiger partial charge in [0.1, 0.15) is 11.4 Å². The number of carboxylic acid groups (broad SMARTS) is 2. The number of nitrogens with zero attached hydrogens (tertiary/aromatic N) is 2. The van der Waals surface area contributed by atoms with E-state index in [2.05, 4.69) is 9.97 Å². The van der Waals surface area contributed by atoms with E-state index in [1.165, 1.54) is 24.5 Å². The molecule has 0 aliphatic rings. The van der Waals surface area contributed by atoms with E-state index in [0.717, 1.165) is 0 Å². The molecule has 0 fully saturated rings. The van der Waals surface area contributed by atoms with Gasteiger partial charge in [0.05, 0.1) is 0 Å². The summed E-state index contributed by atoms with van der Waals surface area (Å²) in [6.45, 7) is 0. The third-order valence-corrected chi connectivity index (χ3v) is 1.77. The van der Waals surface area contributed by atoms with Crippen LogP contribution in [0.5, 0.6) is 0 Å². The van der Waals surface area contributed by atoms with Gasteiger partial charge >= 0.3 is 11.9 Å². The Bertz CT molecular complexity index is 470. The fraction of sp³-hybridized carbons (Fsp3) is 0. The Balaban J connectivity index is 0.000000324. The van der Waals surface area contributed by atoms with E-state index in [4.69, 9.17) is 10.2 Å². The van der Waals surface area contributed by atoms with Crippen LogP contribution < -0.4 is 0 Å². The van der Waals surface area contributed by atoms with Crippen molar-refractivity contribution in [2.75, 3.05) is 0 Å². The van der Waals surface area contributed by atoms with Crippen molar-refractivity contribution < 1.29 is 19.8 Å². The van der Waals surface area contributed by atoms with Crippen LogP contribution in [0.2, 0.25) is 0 Å². The minimum Gasteiger partial charge on any atom is -0.477 e. The van der Waals surface area contributed by atoms with E-state index in [1.54, 1.807) is 24.3 Å². The molecular weight excluding hydrogens is 259 g/mol. The SMILES string of the molecule is O=C(O)c1ccccn1.O=C(O)c1ccccn1.[Na].